The van der Waals surface area contributed by atoms with E-state index in [9.17, 15) is 23.1 Å². The molecule has 0 aliphatic heterocycles. The van der Waals surface area contributed by atoms with Gasteiger partial charge in [-0.05, 0) is 23.3 Å². The normalized spacial score (nSPS) is 18.9. The van der Waals surface area contributed by atoms with Gasteiger partial charge in [-0.15, -0.1) is 0 Å². The molecule has 126 valence electrons. The van der Waals surface area contributed by atoms with E-state index in [1.807, 2.05) is 0 Å². The molecule has 0 spiro atoms. The fraction of sp³-hybridized carbons (Fsp3) is 0.278. The maximum absolute atomic E-state index is 13.7. The first kappa shape index (κ1) is 16.5. The van der Waals surface area contributed by atoms with Gasteiger partial charge in [-0.3, -0.25) is 4.79 Å². The first-order valence-corrected chi connectivity index (χ1v) is 7.47. The summed E-state index contributed by atoms with van der Waals surface area (Å²) >= 11 is 0. The fourth-order valence-electron chi connectivity index (χ4n) is 2.90. The number of carbonyl (C=O) groups is 1. The molecule has 1 unspecified atom stereocenters. The van der Waals surface area contributed by atoms with E-state index in [2.05, 4.69) is 0 Å². The van der Waals surface area contributed by atoms with Crippen LogP contribution in [0.25, 0.3) is 11.1 Å². The zero-order chi connectivity index (χ0) is 17.5. The third-order valence-electron chi connectivity index (χ3n) is 4.19. The lowest BCUT2D eigenvalue weighted by Gasteiger charge is -2.28. The molecule has 0 saturated carbocycles. The molecule has 0 amide bonds. The van der Waals surface area contributed by atoms with Crippen molar-refractivity contribution < 1.29 is 27.8 Å². The highest BCUT2D eigenvalue weighted by Crippen LogP contribution is 2.55. The fourth-order valence-corrected chi connectivity index (χ4v) is 2.90. The van der Waals surface area contributed by atoms with Crippen molar-refractivity contribution in [3.05, 3.63) is 53.6 Å². The van der Waals surface area contributed by atoms with Crippen molar-refractivity contribution in [3.8, 4) is 16.9 Å². The van der Waals surface area contributed by atoms with E-state index < -0.39 is 11.8 Å². The minimum atomic E-state index is -4.88. The summed E-state index contributed by atoms with van der Waals surface area (Å²) in [6.07, 6.45) is -4.60. The number of fused-ring (bicyclic) bond motifs is 3. The number of ketones is 1. The van der Waals surface area contributed by atoms with Crippen LogP contribution in [0.3, 0.4) is 0 Å². The SMILES string of the molecule is CCC(=O)COc1ccc2c(c1)C(O)(C(F)(F)F)c1ccccc1-2. The molecule has 1 aliphatic rings. The number of rotatable bonds is 4. The Kier molecular flexibility index (Phi) is 3.87. The molecule has 3 nitrogen and oxygen atoms in total. The summed E-state index contributed by atoms with van der Waals surface area (Å²) < 4.78 is 46.2. The highest BCUT2D eigenvalue weighted by Gasteiger charge is 2.60. The van der Waals surface area contributed by atoms with E-state index in [0.29, 0.717) is 11.1 Å². The molecule has 2 aromatic rings. The molecular formula is C18H15F3O3. The van der Waals surface area contributed by atoms with Gasteiger partial charge in [0.1, 0.15) is 12.4 Å². The molecule has 0 bridgehead atoms. The van der Waals surface area contributed by atoms with Gasteiger partial charge >= 0.3 is 6.18 Å². The van der Waals surface area contributed by atoms with Crippen LogP contribution >= 0.6 is 0 Å². The number of hydrogen-bond acceptors (Lipinski definition) is 3. The van der Waals surface area contributed by atoms with Crippen molar-refractivity contribution in [2.45, 2.75) is 25.1 Å². The summed E-state index contributed by atoms with van der Waals surface area (Å²) in [4.78, 5) is 11.3. The quantitative estimate of drug-likeness (QED) is 0.923. The molecular weight excluding hydrogens is 321 g/mol. The zero-order valence-electron chi connectivity index (χ0n) is 12.9. The van der Waals surface area contributed by atoms with Crippen LogP contribution in [0.5, 0.6) is 5.75 Å². The van der Waals surface area contributed by atoms with Crippen LogP contribution in [0.4, 0.5) is 13.2 Å². The average molecular weight is 336 g/mol. The third kappa shape index (κ3) is 2.38. The van der Waals surface area contributed by atoms with Gasteiger partial charge < -0.3 is 9.84 Å². The summed E-state index contributed by atoms with van der Waals surface area (Å²) in [6.45, 7) is 1.46. The van der Waals surface area contributed by atoms with Crippen molar-refractivity contribution >= 4 is 5.78 Å². The zero-order valence-corrected chi connectivity index (χ0v) is 12.9. The van der Waals surface area contributed by atoms with Crippen LogP contribution in [0.15, 0.2) is 42.5 Å². The Morgan fingerprint density at radius 2 is 1.79 bits per heavy atom. The molecule has 0 fully saturated rings. The van der Waals surface area contributed by atoms with Crippen molar-refractivity contribution in [1.29, 1.82) is 0 Å². The van der Waals surface area contributed by atoms with Crippen LogP contribution in [0.2, 0.25) is 0 Å². The number of halogens is 3. The summed E-state index contributed by atoms with van der Waals surface area (Å²) in [5.74, 6) is -0.0455. The Hall–Kier alpha value is -2.34. The van der Waals surface area contributed by atoms with Gasteiger partial charge in [-0.1, -0.05) is 37.3 Å². The standard InChI is InChI=1S/C18H15F3O3/c1-2-11(22)10-24-12-7-8-14-13-5-3-4-6-15(13)17(23,16(14)9-12)18(19,20)21/h3-9,23H,2,10H2,1H3. The molecule has 0 aromatic heterocycles. The minimum Gasteiger partial charge on any atom is -0.486 e. The summed E-state index contributed by atoms with van der Waals surface area (Å²) in [5, 5.41) is 10.5. The number of alkyl halides is 3. The average Bonchev–Trinajstić information content (AvgIpc) is 2.83. The molecule has 24 heavy (non-hydrogen) atoms. The number of ether oxygens (including phenoxy) is 1. The van der Waals surface area contributed by atoms with Crippen LogP contribution < -0.4 is 4.74 Å². The second-order valence-corrected chi connectivity index (χ2v) is 5.64. The monoisotopic (exact) mass is 336 g/mol. The number of benzene rings is 2. The van der Waals surface area contributed by atoms with Crippen LogP contribution in [0.1, 0.15) is 24.5 Å². The molecule has 0 radical (unpaired) electrons. The van der Waals surface area contributed by atoms with Gasteiger partial charge in [0, 0.05) is 17.5 Å². The van der Waals surface area contributed by atoms with E-state index >= 15 is 0 Å². The van der Waals surface area contributed by atoms with Crippen LogP contribution in [-0.2, 0) is 10.4 Å². The third-order valence-corrected chi connectivity index (χ3v) is 4.19. The summed E-state index contributed by atoms with van der Waals surface area (Å²) in [5.41, 5.74) is -2.93. The van der Waals surface area contributed by atoms with Crippen LogP contribution in [-0.4, -0.2) is 23.7 Å². The first-order valence-electron chi connectivity index (χ1n) is 7.47. The molecule has 1 atom stereocenters. The Morgan fingerprint density at radius 1 is 1.12 bits per heavy atom. The number of aliphatic hydroxyl groups is 1. The molecule has 0 saturated heterocycles. The lowest BCUT2D eigenvalue weighted by Crippen LogP contribution is -2.41. The Bertz CT molecular complexity index is 798. The largest absolute Gasteiger partial charge is 0.486 e. The number of Topliss-reactive ketones (excluding diaryl/α,β-unsaturated/α-hetero) is 1. The second kappa shape index (κ2) is 5.63. The van der Waals surface area contributed by atoms with Crippen LogP contribution in [0, 0.1) is 0 Å². The lowest BCUT2D eigenvalue weighted by atomic mass is 9.91. The highest BCUT2D eigenvalue weighted by molar-refractivity contribution is 5.82. The van der Waals surface area contributed by atoms with E-state index in [4.69, 9.17) is 4.74 Å². The van der Waals surface area contributed by atoms with Gasteiger partial charge in [0.05, 0.1) is 0 Å². The number of hydrogen-bond donors (Lipinski definition) is 1. The number of carbonyl (C=O) groups excluding carboxylic acids is 1. The van der Waals surface area contributed by atoms with Gasteiger partial charge in [0.2, 0.25) is 5.60 Å². The topological polar surface area (TPSA) is 46.5 Å². The predicted molar refractivity (Wildman–Crippen MR) is 81.7 cm³/mol. The maximum atomic E-state index is 13.7. The molecule has 6 heteroatoms. The Balaban J connectivity index is 2.10. The predicted octanol–water partition coefficient (Wildman–Crippen LogP) is 3.82. The summed E-state index contributed by atoms with van der Waals surface area (Å²) in [7, 11) is 0. The van der Waals surface area contributed by atoms with Crippen molar-refractivity contribution in [3.63, 3.8) is 0 Å². The Labute approximate surface area is 136 Å². The summed E-state index contributed by atoms with van der Waals surface area (Å²) in [6, 6.07) is 10.0. The van der Waals surface area contributed by atoms with Gasteiger partial charge in [0.15, 0.2) is 5.78 Å². The van der Waals surface area contributed by atoms with E-state index in [1.165, 1.54) is 24.3 Å². The van der Waals surface area contributed by atoms with E-state index in [-0.39, 0.29) is 35.7 Å². The van der Waals surface area contributed by atoms with Crippen molar-refractivity contribution in [1.82, 2.24) is 0 Å². The van der Waals surface area contributed by atoms with E-state index in [0.717, 1.165) is 6.07 Å². The molecule has 2 aromatic carbocycles. The molecule has 1 aliphatic carbocycles. The Morgan fingerprint density at radius 3 is 2.46 bits per heavy atom. The maximum Gasteiger partial charge on any atom is 0.425 e. The lowest BCUT2D eigenvalue weighted by molar-refractivity contribution is -0.246. The van der Waals surface area contributed by atoms with E-state index in [1.54, 1.807) is 19.1 Å². The van der Waals surface area contributed by atoms with Gasteiger partial charge in [-0.2, -0.15) is 13.2 Å². The minimum absolute atomic E-state index is 0.117. The van der Waals surface area contributed by atoms with Gasteiger partial charge in [0.25, 0.3) is 0 Å². The molecule has 1 N–H and O–H groups in total. The van der Waals surface area contributed by atoms with Crippen molar-refractivity contribution in [2.75, 3.05) is 6.61 Å². The highest BCUT2D eigenvalue weighted by atomic mass is 19.4. The van der Waals surface area contributed by atoms with Crippen molar-refractivity contribution in [2.24, 2.45) is 0 Å². The van der Waals surface area contributed by atoms with Gasteiger partial charge in [-0.25, -0.2) is 0 Å². The second-order valence-electron chi connectivity index (χ2n) is 5.64. The molecule has 3 rings (SSSR count). The first-order chi connectivity index (χ1) is 11.3. The molecule has 0 heterocycles. The smallest absolute Gasteiger partial charge is 0.425 e.